The molecule has 0 saturated carbocycles. The first-order valence-corrected chi connectivity index (χ1v) is 7.03. The lowest BCUT2D eigenvalue weighted by atomic mass is 10.1. The summed E-state index contributed by atoms with van der Waals surface area (Å²) in [7, 11) is 0. The maximum Gasteiger partial charge on any atom is 0.261 e. The van der Waals surface area contributed by atoms with Gasteiger partial charge in [0.2, 0.25) is 0 Å². The third kappa shape index (κ3) is 4.12. The zero-order valence-electron chi connectivity index (χ0n) is 10.8. The number of carbonyl (C=O) groups is 1. The minimum absolute atomic E-state index is 0.0851. The van der Waals surface area contributed by atoms with Crippen LogP contribution in [0.1, 0.15) is 20.1 Å². The highest BCUT2D eigenvalue weighted by atomic mass is 32.1. The van der Waals surface area contributed by atoms with Gasteiger partial charge in [0.1, 0.15) is 0 Å². The Bertz CT molecular complexity index is 617. The molecule has 0 aliphatic rings. The maximum atomic E-state index is 11.9. The Morgan fingerprint density at radius 1 is 1.25 bits per heavy atom. The summed E-state index contributed by atoms with van der Waals surface area (Å²) >= 11 is 1.35. The van der Waals surface area contributed by atoms with Crippen molar-refractivity contribution in [2.75, 3.05) is 6.54 Å². The highest BCUT2D eigenvalue weighted by molar-refractivity contribution is 7.14. The molecule has 0 saturated heterocycles. The van der Waals surface area contributed by atoms with Gasteiger partial charge in [-0.2, -0.15) is 0 Å². The molecule has 1 N–H and O–H groups in total. The molecule has 0 fully saturated rings. The standard InChI is InChI=1S/C14H14N4OS/c15-18-17-10-12-6-7-13(20-12)14(19)16-9-8-11-4-2-1-3-5-11/h1-7H,8-10H2,(H,16,19). The molecule has 0 atom stereocenters. The second-order valence-electron chi connectivity index (χ2n) is 4.15. The summed E-state index contributed by atoms with van der Waals surface area (Å²) < 4.78 is 0. The van der Waals surface area contributed by atoms with Crippen molar-refractivity contribution in [3.63, 3.8) is 0 Å². The van der Waals surface area contributed by atoms with Crippen molar-refractivity contribution < 1.29 is 4.79 Å². The smallest absolute Gasteiger partial charge is 0.261 e. The third-order valence-electron chi connectivity index (χ3n) is 2.72. The van der Waals surface area contributed by atoms with Gasteiger partial charge in [0.25, 0.3) is 5.91 Å². The average molecular weight is 286 g/mol. The molecule has 0 radical (unpaired) electrons. The molecule has 0 unspecified atom stereocenters. The number of carbonyl (C=O) groups excluding carboxylic acids is 1. The molecule has 0 aliphatic carbocycles. The second-order valence-corrected chi connectivity index (χ2v) is 5.31. The SMILES string of the molecule is [N-]=[N+]=NCc1ccc(C(=O)NCCc2ccccc2)s1. The van der Waals surface area contributed by atoms with E-state index in [-0.39, 0.29) is 5.91 Å². The number of benzene rings is 1. The molecule has 102 valence electrons. The van der Waals surface area contributed by atoms with Gasteiger partial charge in [-0.05, 0) is 29.6 Å². The van der Waals surface area contributed by atoms with Crippen LogP contribution in [0.3, 0.4) is 0 Å². The highest BCUT2D eigenvalue weighted by Gasteiger charge is 2.08. The Balaban J connectivity index is 1.82. The van der Waals surface area contributed by atoms with Crippen molar-refractivity contribution in [1.29, 1.82) is 0 Å². The molecule has 2 aromatic rings. The molecule has 1 aromatic carbocycles. The van der Waals surface area contributed by atoms with Crippen molar-refractivity contribution in [2.45, 2.75) is 13.0 Å². The fraction of sp³-hybridized carbons (Fsp3) is 0.214. The first kappa shape index (κ1) is 14.1. The first-order chi connectivity index (χ1) is 9.79. The van der Waals surface area contributed by atoms with Gasteiger partial charge < -0.3 is 5.32 Å². The van der Waals surface area contributed by atoms with Crippen LogP contribution in [0.25, 0.3) is 10.4 Å². The molecule has 1 heterocycles. The van der Waals surface area contributed by atoms with E-state index in [4.69, 9.17) is 5.53 Å². The molecular formula is C14H14N4OS. The first-order valence-electron chi connectivity index (χ1n) is 6.21. The predicted molar refractivity (Wildman–Crippen MR) is 79.6 cm³/mol. The molecule has 0 spiro atoms. The zero-order valence-corrected chi connectivity index (χ0v) is 11.6. The molecule has 20 heavy (non-hydrogen) atoms. The summed E-state index contributed by atoms with van der Waals surface area (Å²) in [6.07, 6.45) is 0.809. The summed E-state index contributed by atoms with van der Waals surface area (Å²) in [5.74, 6) is -0.0851. The molecule has 6 heteroatoms. The van der Waals surface area contributed by atoms with E-state index in [1.807, 2.05) is 36.4 Å². The lowest BCUT2D eigenvalue weighted by Crippen LogP contribution is -2.24. The van der Waals surface area contributed by atoms with Crippen LogP contribution in [0.15, 0.2) is 47.6 Å². The Labute approximate surface area is 120 Å². The van der Waals surface area contributed by atoms with E-state index in [1.165, 1.54) is 16.9 Å². The largest absolute Gasteiger partial charge is 0.351 e. The van der Waals surface area contributed by atoms with Crippen LogP contribution in [0.2, 0.25) is 0 Å². The summed E-state index contributed by atoms with van der Waals surface area (Å²) in [4.78, 5) is 16.1. The van der Waals surface area contributed by atoms with E-state index >= 15 is 0 Å². The van der Waals surface area contributed by atoms with Crippen LogP contribution in [-0.2, 0) is 13.0 Å². The number of rotatable bonds is 6. The van der Waals surface area contributed by atoms with Crippen molar-refractivity contribution in [3.05, 3.63) is 68.2 Å². The van der Waals surface area contributed by atoms with Crippen LogP contribution in [0, 0.1) is 0 Å². The molecule has 0 bridgehead atoms. The Morgan fingerprint density at radius 3 is 2.80 bits per heavy atom. The lowest BCUT2D eigenvalue weighted by Gasteiger charge is -2.03. The topological polar surface area (TPSA) is 77.9 Å². The minimum atomic E-state index is -0.0851. The van der Waals surface area contributed by atoms with Gasteiger partial charge in [0, 0.05) is 16.3 Å². The lowest BCUT2D eigenvalue weighted by molar-refractivity contribution is 0.0958. The monoisotopic (exact) mass is 286 g/mol. The Kier molecular flexibility index (Phi) is 5.17. The predicted octanol–water partition coefficient (Wildman–Crippen LogP) is 3.53. The average Bonchev–Trinajstić information content (AvgIpc) is 2.95. The van der Waals surface area contributed by atoms with E-state index in [2.05, 4.69) is 15.3 Å². The van der Waals surface area contributed by atoms with E-state index in [1.54, 1.807) is 6.07 Å². The van der Waals surface area contributed by atoms with Gasteiger partial charge in [0.15, 0.2) is 0 Å². The van der Waals surface area contributed by atoms with Crippen LogP contribution in [0.5, 0.6) is 0 Å². The molecular weight excluding hydrogens is 272 g/mol. The Morgan fingerprint density at radius 2 is 2.05 bits per heavy atom. The summed E-state index contributed by atoms with van der Waals surface area (Å²) in [5.41, 5.74) is 9.45. The number of hydrogen-bond acceptors (Lipinski definition) is 3. The summed E-state index contributed by atoms with van der Waals surface area (Å²) in [5, 5.41) is 6.36. The van der Waals surface area contributed by atoms with E-state index in [0.29, 0.717) is 18.0 Å². The quantitative estimate of drug-likeness (QED) is 0.492. The zero-order chi connectivity index (χ0) is 14.2. The normalized spacial score (nSPS) is 9.80. The fourth-order valence-electron chi connectivity index (χ4n) is 1.74. The van der Waals surface area contributed by atoms with Gasteiger partial charge >= 0.3 is 0 Å². The van der Waals surface area contributed by atoms with Crippen molar-refractivity contribution in [3.8, 4) is 0 Å². The number of amides is 1. The number of azide groups is 1. The van der Waals surface area contributed by atoms with Crippen LogP contribution in [-0.4, -0.2) is 12.5 Å². The maximum absolute atomic E-state index is 11.9. The minimum Gasteiger partial charge on any atom is -0.351 e. The number of nitrogens with zero attached hydrogens (tertiary/aromatic N) is 3. The number of hydrogen-bond donors (Lipinski definition) is 1. The fourth-order valence-corrected chi connectivity index (χ4v) is 2.58. The number of nitrogens with one attached hydrogen (secondary N) is 1. The Hall–Kier alpha value is -2.30. The number of thiophene rings is 1. The van der Waals surface area contributed by atoms with Gasteiger partial charge in [0.05, 0.1) is 11.4 Å². The van der Waals surface area contributed by atoms with Gasteiger partial charge in [-0.25, -0.2) is 0 Å². The van der Waals surface area contributed by atoms with Crippen molar-refractivity contribution in [1.82, 2.24) is 5.32 Å². The summed E-state index contributed by atoms with van der Waals surface area (Å²) in [6.45, 7) is 0.894. The molecule has 1 amide bonds. The van der Waals surface area contributed by atoms with E-state index in [9.17, 15) is 4.79 Å². The molecule has 1 aromatic heterocycles. The second kappa shape index (κ2) is 7.33. The highest BCUT2D eigenvalue weighted by Crippen LogP contribution is 2.17. The van der Waals surface area contributed by atoms with Crippen LogP contribution >= 0.6 is 11.3 Å². The van der Waals surface area contributed by atoms with Crippen molar-refractivity contribution in [2.24, 2.45) is 5.11 Å². The van der Waals surface area contributed by atoms with Gasteiger partial charge in [-0.15, -0.1) is 11.3 Å². The van der Waals surface area contributed by atoms with Gasteiger partial charge in [-0.3, -0.25) is 4.79 Å². The van der Waals surface area contributed by atoms with Gasteiger partial charge in [-0.1, -0.05) is 35.4 Å². The van der Waals surface area contributed by atoms with Crippen molar-refractivity contribution >= 4 is 17.2 Å². The molecule has 5 nitrogen and oxygen atoms in total. The van der Waals surface area contributed by atoms with E-state index < -0.39 is 0 Å². The molecule has 0 aliphatic heterocycles. The van der Waals surface area contributed by atoms with Crippen LogP contribution in [0.4, 0.5) is 0 Å². The van der Waals surface area contributed by atoms with E-state index in [0.717, 1.165) is 11.3 Å². The third-order valence-corrected chi connectivity index (χ3v) is 3.79. The molecule has 2 rings (SSSR count). The summed E-state index contributed by atoms with van der Waals surface area (Å²) in [6, 6.07) is 13.6. The van der Waals surface area contributed by atoms with Crippen LogP contribution < -0.4 is 5.32 Å².